The lowest BCUT2D eigenvalue weighted by Gasteiger charge is -2.12. The van der Waals surface area contributed by atoms with Crippen molar-refractivity contribution in [2.45, 2.75) is 46.1 Å². The van der Waals surface area contributed by atoms with Crippen LogP contribution in [0.25, 0.3) is 5.00 Å². The highest BCUT2D eigenvalue weighted by atomic mass is 35.5. The summed E-state index contributed by atoms with van der Waals surface area (Å²) in [5, 5.41) is 10.4. The monoisotopic (exact) mass is 442 g/mol. The van der Waals surface area contributed by atoms with Crippen LogP contribution < -0.4 is 0 Å². The Morgan fingerprint density at radius 3 is 2.77 bits per heavy atom. The van der Waals surface area contributed by atoms with Crippen molar-refractivity contribution in [2.75, 3.05) is 6.61 Å². The maximum Gasteiger partial charge on any atom is 0.305 e. The van der Waals surface area contributed by atoms with Gasteiger partial charge < -0.3 is 4.74 Å². The van der Waals surface area contributed by atoms with Gasteiger partial charge in [-0.25, -0.2) is 0 Å². The van der Waals surface area contributed by atoms with Crippen molar-refractivity contribution in [3.8, 4) is 5.00 Å². The number of ether oxygens (including phenoxy) is 1. The summed E-state index contributed by atoms with van der Waals surface area (Å²) >= 11 is 8.28. The Bertz CT molecular complexity index is 1120. The Morgan fingerprint density at radius 1 is 1.23 bits per heavy atom. The van der Waals surface area contributed by atoms with Gasteiger partial charge in [-0.15, -0.1) is 21.5 Å². The van der Waals surface area contributed by atoms with Crippen LogP contribution in [0.3, 0.4) is 0 Å². The summed E-state index contributed by atoms with van der Waals surface area (Å²) < 4.78 is 7.19. The van der Waals surface area contributed by atoms with Gasteiger partial charge in [-0.3, -0.25) is 14.4 Å². The average molecular weight is 443 g/mol. The van der Waals surface area contributed by atoms with Crippen molar-refractivity contribution in [1.82, 2.24) is 14.8 Å². The molecule has 0 saturated carbocycles. The van der Waals surface area contributed by atoms with E-state index in [1.165, 1.54) is 4.88 Å². The first-order valence-electron chi connectivity index (χ1n) is 10.1. The minimum Gasteiger partial charge on any atom is -0.466 e. The van der Waals surface area contributed by atoms with Crippen LogP contribution in [0.15, 0.2) is 35.3 Å². The molecule has 0 fully saturated rings. The van der Waals surface area contributed by atoms with Crippen molar-refractivity contribution >= 4 is 34.6 Å². The van der Waals surface area contributed by atoms with Crippen LogP contribution in [0.2, 0.25) is 5.02 Å². The van der Waals surface area contributed by atoms with Crippen molar-refractivity contribution in [3.05, 3.63) is 63.0 Å². The smallest absolute Gasteiger partial charge is 0.305 e. The predicted octanol–water partition coefficient (Wildman–Crippen LogP) is 5.09. The van der Waals surface area contributed by atoms with Gasteiger partial charge >= 0.3 is 5.97 Å². The van der Waals surface area contributed by atoms with E-state index in [4.69, 9.17) is 21.3 Å². The van der Waals surface area contributed by atoms with Crippen LogP contribution in [0.5, 0.6) is 0 Å². The van der Waals surface area contributed by atoms with Gasteiger partial charge in [0.15, 0.2) is 5.82 Å². The van der Waals surface area contributed by atoms with Crippen LogP contribution in [0.1, 0.15) is 60.4 Å². The minimum atomic E-state index is -0.327. The summed E-state index contributed by atoms with van der Waals surface area (Å²) in [6.45, 7) is 6.25. The van der Waals surface area contributed by atoms with E-state index in [9.17, 15) is 4.79 Å². The summed E-state index contributed by atoms with van der Waals surface area (Å²) in [6, 6.07) is 9.57. The third kappa shape index (κ3) is 3.79. The quantitative estimate of drug-likeness (QED) is 0.498. The van der Waals surface area contributed by atoms with Gasteiger partial charge in [0.05, 0.1) is 12.3 Å². The fraction of sp³-hybridized carbons (Fsp3) is 0.364. The number of aryl methyl sites for hydroxylation is 2. The third-order valence-corrected chi connectivity index (χ3v) is 6.65. The van der Waals surface area contributed by atoms with E-state index in [1.807, 2.05) is 31.2 Å². The van der Waals surface area contributed by atoms with Gasteiger partial charge in [-0.05, 0) is 38.8 Å². The van der Waals surface area contributed by atoms with E-state index < -0.39 is 0 Å². The molecule has 1 aliphatic rings. The number of esters is 1. The number of aliphatic imine (C=N–C) groups is 1. The molecule has 0 radical (unpaired) electrons. The molecule has 0 saturated heterocycles. The van der Waals surface area contributed by atoms with Crippen LogP contribution >= 0.6 is 22.9 Å². The van der Waals surface area contributed by atoms with Crippen molar-refractivity contribution in [3.63, 3.8) is 0 Å². The fourth-order valence-corrected chi connectivity index (χ4v) is 5.00. The molecule has 0 amide bonds. The normalized spacial score (nSPS) is 15.2. The number of halogens is 1. The van der Waals surface area contributed by atoms with Gasteiger partial charge in [0.25, 0.3) is 0 Å². The summed E-state index contributed by atoms with van der Waals surface area (Å²) in [6.07, 6.45) is 1.67. The molecule has 0 spiro atoms. The molecular formula is C22H23ClN4O2S. The number of carbonyl (C=O) groups excluding carboxylic acids is 1. The molecule has 0 N–H and O–H groups in total. The largest absolute Gasteiger partial charge is 0.466 e. The zero-order valence-electron chi connectivity index (χ0n) is 17.2. The molecule has 1 unspecified atom stereocenters. The Balaban J connectivity index is 1.88. The molecule has 1 atom stereocenters. The van der Waals surface area contributed by atoms with Gasteiger partial charge in [0.2, 0.25) is 0 Å². The van der Waals surface area contributed by atoms with Gasteiger partial charge in [-0.1, -0.05) is 36.7 Å². The third-order valence-electron chi connectivity index (χ3n) is 5.06. The fourth-order valence-electron chi connectivity index (χ4n) is 3.62. The second-order valence-electron chi connectivity index (χ2n) is 7.04. The Labute approximate surface area is 184 Å². The molecule has 156 valence electrons. The van der Waals surface area contributed by atoms with Crippen molar-refractivity contribution in [2.24, 2.45) is 4.99 Å². The van der Waals surface area contributed by atoms with E-state index in [1.54, 1.807) is 18.3 Å². The molecule has 4 rings (SSSR count). The highest BCUT2D eigenvalue weighted by Gasteiger charge is 2.30. The molecule has 0 bridgehead atoms. The number of hydrogen-bond acceptors (Lipinski definition) is 6. The van der Waals surface area contributed by atoms with E-state index in [0.717, 1.165) is 39.9 Å². The topological polar surface area (TPSA) is 69.4 Å². The summed E-state index contributed by atoms with van der Waals surface area (Å²) in [5.74, 6) is 1.30. The van der Waals surface area contributed by atoms with Crippen LogP contribution in [-0.4, -0.2) is 33.1 Å². The number of hydrogen-bond donors (Lipinski definition) is 0. The lowest BCUT2D eigenvalue weighted by molar-refractivity contribution is -0.143. The van der Waals surface area contributed by atoms with Gasteiger partial charge in [-0.2, -0.15) is 0 Å². The molecule has 30 heavy (non-hydrogen) atoms. The average Bonchev–Trinajstić information content (AvgIpc) is 3.29. The van der Waals surface area contributed by atoms with E-state index in [2.05, 4.69) is 27.8 Å². The Kier molecular flexibility index (Phi) is 6.01. The lowest BCUT2D eigenvalue weighted by atomic mass is 10.0. The van der Waals surface area contributed by atoms with Gasteiger partial charge in [0.1, 0.15) is 16.9 Å². The Hall–Kier alpha value is -2.51. The molecule has 0 aliphatic carbocycles. The predicted molar refractivity (Wildman–Crippen MR) is 119 cm³/mol. The number of rotatable bonds is 6. The van der Waals surface area contributed by atoms with E-state index >= 15 is 0 Å². The summed E-state index contributed by atoms with van der Waals surface area (Å²) in [5.41, 5.74) is 2.72. The highest BCUT2D eigenvalue weighted by Crippen LogP contribution is 2.38. The number of fused-ring (bicyclic) bond motifs is 3. The molecular weight excluding hydrogens is 420 g/mol. The summed E-state index contributed by atoms with van der Waals surface area (Å²) in [7, 11) is 0. The molecule has 3 heterocycles. The molecule has 2 aromatic heterocycles. The second kappa shape index (κ2) is 8.70. The molecule has 1 aliphatic heterocycles. The first-order valence-corrected chi connectivity index (χ1v) is 11.3. The molecule has 6 nitrogen and oxygen atoms in total. The van der Waals surface area contributed by atoms with Crippen molar-refractivity contribution < 1.29 is 9.53 Å². The SMILES string of the molecule is CCOC(=O)CCC1N=C(c2ccccc2Cl)c2cc(CC)sc2-n2c(C)nnc21. The Morgan fingerprint density at radius 2 is 2.03 bits per heavy atom. The van der Waals surface area contributed by atoms with Crippen LogP contribution in [0, 0.1) is 6.92 Å². The number of nitrogens with zero attached hydrogens (tertiary/aromatic N) is 4. The molecule has 1 aromatic carbocycles. The van der Waals surface area contributed by atoms with E-state index in [0.29, 0.717) is 18.1 Å². The van der Waals surface area contributed by atoms with E-state index in [-0.39, 0.29) is 18.4 Å². The van der Waals surface area contributed by atoms with Gasteiger partial charge in [0, 0.05) is 27.4 Å². The first-order chi connectivity index (χ1) is 14.5. The zero-order chi connectivity index (χ0) is 21.3. The standard InChI is InChI=1S/C22H23ClN4O2S/c1-4-14-12-16-20(15-8-6-7-9-17(15)23)24-18(10-11-19(28)29-5-2)21-26-25-13(3)27(21)22(16)30-14/h6-9,12,18H,4-5,10-11H2,1-3H3. The lowest BCUT2D eigenvalue weighted by Crippen LogP contribution is -2.10. The maximum absolute atomic E-state index is 12.0. The molecule has 3 aromatic rings. The number of aromatic nitrogens is 3. The second-order valence-corrected chi connectivity index (χ2v) is 8.57. The first kappa shape index (κ1) is 20.8. The van der Waals surface area contributed by atoms with Crippen molar-refractivity contribution in [1.29, 1.82) is 0 Å². The minimum absolute atomic E-state index is 0.234. The maximum atomic E-state index is 12.0. The summed E-state index contributed by atoms with van der Waals surface area (Å²) in [4.78, 5) is 18.4. The number of thiophene rings is 1. The number of benzene rings is 1. The van der Waals surface area contributed by atoms with Crippen LogP contribution in [0.4, 0.5) is 0 Å². The highest BCUT2D eigenvalue weighted by molar-refractivity contribution is 7.15. The molecule has 8 heteroatoms. The van der Waals surface area contributed by atoms with Crippen LogP contribution in [-0.2, 0) is 16.0 Å². The number of carbonyl (C=O) groups is 1. The zero-order valence-corrected chi connectivity index (χ0v) is 18.8.